The van der Waals surface area contributed by atoms with Crippen LogP contribution in [0.5, 0.6) is 0 Å². The first-order valence-corrected chi connectivity index (χ1v) is 6.51. The summed E-state index contributed by atoms with van der Waals surface area (Å²) in [5.41, 5.74) is 9.14. The van der Waals surface area contributed by atoms with E-state index in [9.17, 15) is 0 Å². The molecule has 3 N–H and O–H groups in total. The lowest BCUT2D eigenvalue weighted by molar-refractivity contribution is 0.345. The maximum atomic E-state index is 5.95. The summed E-state index contributed by atoms with van der Waals surface area (Å²) in [6, 6.07) is 6.15. The van der Waals surface area contributed by atoms with Gasteiger partial charge in [0.2, 0.25) is 0 Å². The molecule has 1 heterocycles. The van der Waals surface area contributed by atoms with E-state index in [-0.39, 0.29) is 0 Å². The molecule has 17 heavy (non-hydrogen) atoms. The van der Waals surface area contributed by atoms with Crippen molar-refractivity contribution in [3.63, 3.8) is 0 Å². The molecule has 0 saturated carbocycles. The Bertz CT molecular complexity index is 376. The quantitative estimate of drug-likeness (QED) is 0.784. The number of aryl methyl sites for hydroxylation is 1. The topological polar surface area (TPSA) is 41.3 Å². The maximum absolute atomic E-state index is 5.95. The minimum Gasteiger partial charge on any atom is -0.397 e. The highest BCUT2D eigenvalue weighted by molar-refractivity contribution is 5.66. The molecule has 1 aliphatic rings. The lowest BCUT2D eigenvalue weighted by Gasteiger charge is -2.15. The van der Waals surface area contributed by atoms with Gasteiger partial charge in [-0.1, -0.05) is 13.0 Å². The van der Waals surface area contributed by atoms with Crippen molar-refractivity contribution in [2.24, 2.45) is 5.92 Å². The fourth-order valence-corrected chi connectivity index (χ4v) is 2.44. The number of benzene rings is 1. The Balaban J connectivity index is 1.88. The number of hydrogen-bond donors (Lipinski definition) is 2. The van der Waals surface area contributed by atoms with Crippen molar-refractivity contribution in [3.05, 3.63) is 23.8 Å². The summed E-state index contributed by atoms with van der Waals surface area (Å²) in [7, 11) is 0. The van der Waals surface area contributed by atoms with Crippen LogP contribution in [0.25, 0.3) is 0 Å². The van der Waals surface area contributed by atoms with Crippen LogP contribution < -0.4 is 11.1 Å². The third-order valence-electron chi connectivity index (χ3n) is 3.61. The molecule has 1 aromatic carbocycles. The monoisotopic (exact) mass is 233 g/mol. The van der Waals surface area contributed by atoms with Crippen molar-refractivity contribution in [1.29, 1.82) is 0 Å². The van der Waals surface area contributed by atoms with Crippen LogP contribution in [-0.4, -0.2) is 31.1 Å². The average Bonchev–Trinajstić information content (AvgIpc) is 2.78. The van der Waals surface area contributed by atoms with Crippen LogP contribution in [0.4, 0.5) is 11.4 Å². The molecule has 0 aromatic heterocycles. The van der Waals surface area contributed by atoms with Crippen molar-refractivity contribution in [2.75, 3.05) is 37.2 Å². The van der Waals surface area contributed by atoms with E-state index in [0.717, 1.165) is 23.8 Å². The summed E-state index contributed by atoms with van der Waals surface area (Å²) in [6.45, 7) is 8.99. The fourth-order valence-electron chi connectivity index (χ4n) is 2.44. The predicted octanol–water partition coefficient (Wildman–Crippen LogP) is 2.33. The van der Waals surface area contributed by atoms with Gasteiger partial charge in [-0.05, 0) is 50.0 Å². The molecule has 94 valence electrons. The average molecular weight is 233 g/mol. The molecule has 0 amide bonds. The molecule has 2 rings (SSSR count). The highest BCUT2D eigenvalue weighted by Gasteiger charge is 2.20. The minimum atomic E-state index is 0.759. The number of nitrogen functional groups attached to an aromatic ring is 1. The van der Waals surface area contributed by atoms with Crippen LogP contribution in [0.3, 0.4) is 0 Å². The number of anilines is 2. The molecule has 1 fully saturated rings. The summed E-state index contributed by atoms with van der Waals surface area (Å²) in [5.74, 6) is 0.759. The molecule has 3 heteroatoms. The van der Waals surface area contributed by atoms with Crippen LogP contribution in [0, 0.1) is 12.8 Å². The smallest absolute Gasteiger partial charge is 0.0576 e. The number of nitrogens with zero attached hydrogens (tertiary/aromatic N) is 1. The summed E-state index contributed by atoms with van der Waals surface area (Å²) in [5, 5.41) is 3.49. The standard InChI is InChI=1S/C14H23N3/c1-3-17-7-6-12(10-17)9-16-14-8-11(2)4-5-13(14)15/h4-5,8,12,16H,3,6-7,9-10,15H2,1-2H3. The van der Waals surface area contributed by atoms with E-state index in [0.29, 0.717) is 0 Å². The molecule has 1 atom stereocenters. The SMILES string of the molecule is CCN1CCC(CNc2cc(C)ccc2N)C1. The number of likely N-dealkylation sites (tertiary alicyclic amines) is 1. The molecule has 0 aliphatic carbocycles. The normalized spacial score (nSPS) is 20.7. The Hall–Kier alpha value is -1.22. The summed E-state index contributed by atoms with van der Waals surface area (Å²) < 4.78 is 0. The Morgan fingerprint density at radius 3 is 3.00 bits per heavy atom. The second-order valence-electron chi connectivity index (χ2n) is 5.02. The number of hydrogen-bond acceptors (Lipinski definition) is 3. The first-order chi connectivity index (χ1) is 8.19. The van der Waals surface area contributed by atoms with Crippen LogP contribution in [0.2, 0.25) is 0 Å². The molecule has 1 saturated heterocycles. The highest BCUT2D eigenvalue weighted by Crippen LogP contribution is 2.22. The van der Waals surface area contributed by atoms with Gasteiger partial charge < -0.3 is 16.0 Å². The zero-order valence-corrected chi connectivity index (χ0v) is 10.9. The molecule has 1 unspecified atom stereocenters. The lowest BCUT2D eigenvalue weighted by atomic mass is 10.1. The molecule has 1 aliphatic heterocycles. The molecule has 0 bridgehead atoms. The van der Waals surface area contributed by atoms with Gasteiger partial charge in [-0.15, -0.1) is 0 Å². The predicted molar refractivity (Wildman–Crippen MR) is 74.3 cm³/mol. The van der Waals surface area contributed by atoms with Crippen molar-refractivity contribution in [1.82, 2.24) is 4.90 Å². The van der Waals surface area contributed by atoms with E-state index in [2.05, 4.69) is 36.2 Å². The summed E-state index contributed by atoms with van der Waals surface area (Å²) >= 11 is 0. The summed E-state index contributed by atoms with van der Waals surface area (Å²) in [4.78, 5) is 2.51. The van der Waals surface area contributed by atoms with Gasteiger partial charge in [-0.2, -0.15) is 0 Å². The molecular formula is C14H23N3. The molecule has 1 aromatic rings. The van der Waals surface area contributed by atoms with Gasteiger partial charge in [0.25, 0.3) is 0 Å². The zero-order chi connectivity index (χ0) is 12.3. The third kappa shape index (κ3) is 3.13. The zero-order valence-electron chi connectivity index (χ0n) is 10.9. The fraction of sp³-hybridized carbons (Fsp3) is 0.571. The van der Waals surface area contributed by atoms with Crippen molar-refractivity contribution in [3.8, 4) is 0 Å². The Labute approximate surface area is 104 Å². The maximum Gasteiger partial charge on any atom is 0.0576 e. The van der Waals surface area contributed by atoms with E-state index in [1.165, 1.54) is 31.6 Å². The van der Waals surface area contributed by atoms with Gasteiger partial charge in [0.05, 0.1) is 11.4 Å². The Morgan fingerprint density at radius 1 is 1.47 bits per heavy atom. The molecule has 0 spiro atoms. The van der Waals surface area contributed by atoms with E-state index >= 15 is 0 Å². The second-order valence-corrected chi connectivity index (χ2v) is 5.02. The van der Waals surface area contributed by atoms with E-state index in [4.69, 9.17) is 5.73 Å². The second kappa shape index (κ2) is 5.41. The van der Waals surface area contributed by atoms with Gasteiger partial charge in [-0.25, -0.2) is 0 Å². The van der Waals surface area contributed by atoms with Gasteiger partial charge in [0.1, 0.15) is 0 Å². The number of rotatable bonds is 4. The van der Waals surface area contributed by atoms with Crippen LogP contribution >= 0.6 is 0 Å². The highest BCUT2D eigenvalue weighted by atomic mass is 15.1. The van der Waals surface area contributed by atoms with Gasteiger partial charge in [0.15, 0.2) is 0 Å². The number of nitrogens with two attached hydrogens (primary N) is 1. The minimum absolute atomic E-state index is 0.759. The Kier molecular flexibility index (Phi) is 3.89. The summed E-state index contributed by atoms with van der Waals surface area (Å²) in [6.07, 6.45) is 1.30. The van der Waals surface area contributed by atoms with E-state index in [1.807, 2.05) is 6.07 Å². The molecule has 0 radical (unpaired) electrons. The van der Waals surface area contributed by atoms with Crippen LogP contribution in [0.15, 0.2) is 18.2 Å². The van der Waals surface area contributed by atoms with Crippen LogP contribution in [0.1, 0.15) is 18.9 Å². The van der Waals surface area contributed by atoms with Gasteiger partial charge in [-0.3, -0.25) is 0 Å². The van der Waals surface area contributed by atoms with Crippen molar-refractivity contribution < 1.29 is 0 Å². The van der Waals surface area contributed by atoms with E-state index in [1.54, 1.807) is 0 Å². The lowest BCUT2D eigenvalue weighted by Crippen LogP contribution is -2.22. The van der Waals surface area contributed by atoms with E-state index < -0.39 is 0 Å². The van der Waals surface area contributed by atoms with Crippen molar-refractivity contribution in [2.45, 2.75) is 20.3 Å². The molecular weight excluding hydrogens is 210 g/mol. The first kappa shape index (κ1) is 12.2. The van der Waals surface area contributed by atoms with Gasteiger partial charge >= 0.3 is 0 Å². The molecule has 3 nitrogen and oxygen atoms in total. The third-order valence-corrected chi connectivity index (χ3v) is 3.61. The number of nitrogens with one attached hydrogen (secondary N) is 1. The first-order valence-electron chi connectivity index (χ1n) is 6.51. The Morgan fingerprint density at radius 2 is 2.29 bits per heavy atom. The van der Waals surface area contributed by atoms with Crippen LogP contribution in [-0.2, 0) is 0 Å². The van der Waals surface area contributed by atoms with Crippen molar-refractivity contribution >= 4 is 11.4 Å². The van der Waals surface area contributed by atoms with Gasteiger partial charge in [0, 0.05) is 13.1 Å². The largest absolute Gasteiger partial charge is 0.397 e.